The number of aryl methyl sites for hydroxylation is 2. The van der Waals surface area contributed by atoms with Crippen LogP contribution in [0.1, 0.15) is 49.8 Å². The third kappa shape index (κ3) is 3.48. The van der Waals surface area contributed by atoms with E-state index < -0.39 is 0 Å². The molecule has 1 aromatic heterocycles. The lowest BCUT2D eigenvalue weighted by Gasteiger charge is -2.07. The van der Waals surface area contributed by atoms with Crippen molar-refractivity contribution in [3.63, 3.8) is 0 Å². The molecule has 0 aliphatic rings. The van der Waals surface area contributed by atoms with Crippen LogP contribution in [0.2, 0.25) is 0 Å². The molecule has 0 spiro atoms. The van der Waals surface area contributed by atoms with Gasteiger partial charge in [0.1, 0.15) is 5.69 Å². The van der Waals surface area contributed by atoms with Gasteiger partial charge in [0.25, 0.3) is 5.91 Å². The van der Waals surface area contributed by atoms with Crippen molar-refractivity contribution in [3.8, 4) is 0 Å². The van der Waals surface area contributed by atoms with Gasteiger partial charge in [-0.3, -0.25) is 9.48 Å². The molecule has 5 nitrogen and oxygen atoms in total. The Morgan fingerprint density at radius 3 is 2.67 bits per heavy atom. The van der Waals surface area contributed by atoms with Gasteiger partial charge in [-0.25, -0.2) is 0 Å². The van der Waals surface area contributed by atoms with E-state index in [0.717, 1.165) is 25.0 Å². The summed E-state index contributed by atoms with van der Waals surface area (Å²) < 4.78 is 1.56. The molecule has 0 aromatic carbocycles. The van der Waals surface area contributed by atoms with Crippen molar-refractivity contribution in [2.75, 3.05) is 12.3 Å². The normalized spacial score (nSPS) is 10.9. The lowest BCUT2D eigenvalue weighted by Crippen LogP contribution is -2.27. The van der Waals surface area contributed by atoms with Gasteiger partial charge in [0, 0.05) is 13.6 Å². The molecule has 0 saturated carbocycles. The van der Waals surface area contributed by atoms with Crippen LogP contribution in [0.3, 0.4) is 0 Å². The molecular weight excluding hydrogens is 228 g/mol. The molecule has 0 fully saturated rings. The lowest BCUT2D eigenvalue weighted by atomic mass is 10.1. The number of nitrogens with one attached hydrogen (secondary N) is 1. The highest BCUT2D eigenvalue weighted by atomic mass is 16.2. The summed E-state index contributed by atoms with van der Waals surface area (Å²) in [5.41, 5.74) is 7.68. The molecule has 18 heavy (non-hydrogen) atoms. The average Bonchev–Trinajstić information content (AvgIpc) is 2.59. The van der Waals surface area contributed by atoms with Crippen LogP contribution in [-0.2, 0) is 13.5 Å². The average molecular weight is 252 g/mol. The number of nitrogen functional groups attached to an aromatic ring is 1. The number of rotatable bonds is 6. The van der Waals surface area contributed by atoms with Crippen molar-refractivity contribution < 1.29 is 4.79 Å². The first-order valence-electron chi connectivity index (χ1n) is 6.56. The van der Waals surface area contributed by atoms with Crippen molar-refractivity contribution in [2.45, 2.75) is 40.0 Å². The van der Waals surface area contributed by atoms with Crippen molar-refractivity contribution in [2.24, 2.45) is 13.0 Å². The van der Waals surface area contributed by atoms with Gasteiger partial charge >= 0.3 is 0 Å². The Hall–Kier alpha value is -1.52. The highest BCUT2D eigenvalue weighted by molar-refractivity contribution is 5.97. The van der Waals surface area contributed by atoms with Gasteiger partial charge in [-0.05, 0) is 25.2 Å². The third-order valence-corrected chi connectivity index (χ3v) is 2.95. The first kappa shape index (κ1) is 14.5. The molecule has 0 aliphatic carbocycles. The van der Waals surface area contributed by atoms with Crippen molar-refractivity contribution in [3.05, 3.63) is 11.4 Å². The summed E-state index contributed by atoms with van der Waals surface area (Å²) in [4.78, 5) is 12.0. The molecule has 0 unspecified atom stereocenters. The van der Waals surface area contributed by atoms with Gasteiger partial charge in [-0.15, -0.1) is 0 Å². The highest BCUT2D eigenvalue weighted by Gasteiger charge is 2.18. The van der Waals surface area contributed by atoms with Gasteiger partial charge in [-0.2, -0.15) is 5.10 Å². The molecule has 3 N–H and O–H groups in total. The summed E-state index contributed by atoms with van der Waals surface area (Å²) in [5.74, 6) is 0.529. The Labute approximate surface area is 109 Å². The maximum absolute atomic E-state index is 12.0. The Balaban J connectivity index is 2.59. The van der Waals surface area contributed by atoms with E-state index in [1.165, 1.54) is 0 Å². The number of amides is 1. The fraction of sp³-hybridized carbons (Fsp3) is 0.692. The third-order valence-electron chi connectivity index (χ3n) is 2.95. The smallest absolute Gasteiger partial charge is 0.271 e. The molecule has 5 heteroatoms. The summed E-state index contributed by atoms with van der Waals surface area (Å²) in [7, 11) is 1.75. The van der Waals surface area contributed by atoms with Gasteiger partial charge in [0.2, 0.25) is 0 Å². The lowest BCUT2D eigenvalue weighted by molar-refractivity contribution is 0.0944. The zero-order valence-corrected chi connectivity index (χ0v) is 11.8. The second-order valence-electron chi connectivity index (χ2n) is 4.98. The second-order valence-corrected chi connectivity index (χ2v) is 4.98. The zero-order chi connectivity index (χ0) is 13.7. The van der Waals surface area contributed by atoms with E-state index in [1.54, 1.807) is 11.7 Å². The maximum Gasteiger partial charge on any atom is 0.271 e. The molecule has 0 atom stereocenters. The van der Waals surface area contributed by atoms with Crippen LogP contribution in [0.25, 0.3) is 0 Å². The van der Waals surface area contributed by atoms with Crippen LogP contribution >= 0.6 is 0 Å². The summed E-state index contributed by atoms with van der Waals surface area (Å²) in [6.07, 6.45) is 2.84. The van der Waals surface area contributed by atoms with Crippen LogP contribution < -0.4 is 11.1 Å². The fourth-order valence-electron chi connectivity index (χ4n) is 1.92. The predicted octanol–water partition coefficient (Wildman–Crippen LogP) is 1.73. The summed E-state index contributed by atoms with van der Waals surface area (Å²) in [6.45, 7) is 7.01. The van der Waals surface area contributed by atoms with Gasteiger partial charge in [-0.1, -0.05) is 20.8 Å². The standard InChI is InChI=1S/C13H24N4O/c1-5-10-11(14)12(17(4)16-10)13(18)15-8-6-7-9(2)3/h9H,5-8,14H2,1-4H3,(H,15,18). The first-order chi connectivity index (χ1) is 8.47. The number of carbonyl (C=O) groups excluding carboxylic acids is 1. The van der Waals surface area contributed by atoms with Crippen LogP contribution in [0.15, 0.2) is 0 Å². The summed E-state index contributed by atoms with van der Waals surface area (Å²) >= 11 is 0. The molecule has 1 aromatic rings. The van der Waals surface area contributed by atoms with Gasteiger partial charge in [0.15, 0.2) is 0 Å². The van der Waals surface area contributed by atoms with Gasteiger partial charge < -0.3 is 11.1 Å². The topological polar surface area (TPSA) is 72.9 Å². The van der Waals surface area contributed by atoms with Crippen LogP contribution in [-0.4, -0.2) is 22.2 Å². The molecule has 1 rings (SSSR count). The Kier molecular flexibility index (Phi) is 5.19. The van der Waals surface area contributed by atoms with E-state index in [4.69, 9.17) is 5.73 Å². The molecule has 0 saturated heterocycles. The van der Waals surface area contributed by atoms with E-state index in [1.807, 2.05) is 6.92 Å². The highest BCUT2D eigenvalue weighted by Crippen LogP contribution is 2.16. The van der Waals surface area contributed by atoms with Crippen LogP contribution in [0.4, 0.5) is 5.69 Å². The second kappa shape index (κ2) is 6.42. The molecule has 1 amide bonds. The quantitative estimate of drug-likeness (QED) is 0.757. The van der Waals surface area contributed by atoms with Crippen LogP contribution in [0, 0.1) is 5.92 Å². The Morgan fingerprint density at radius 2 is 2.17 bits per heavy atom. The number of aromatic nitrogens is 2. The van der Waals surface area contributed by atoms with Crippen molar-refractivity contribution in [1.29, 1.82) is 0 Å². The monoisotopic (exact) mass is 252 g/mol. The zero-order valence-electron chi connectivity index (χ0n) is 11.8. The van der Waals surface area contributed by atoms with E-state index >= 15 is 0 Å². The molecule has 0 bridgehead atoms. The minimum Gasteiger partial charge on any atom is -0.395 e. The number of hydrogen-bond donors (Lipinski definition) is 2. The van der Waals surface area contributed by atoms with Gasteiger partial charge in [0.05, 0.1) is 11.4 Å². The minimum atomic E-state index is -0.133. The summed E-state index contributed by atoms with van der Waals surface area (Å²) in [6, 6.07) is 0. The number of nitrogens with zero attached hydrogens (tertiary/aromatic N) is 2. The Bertz CT molecular complexity index is 409. The van der Waals surface area contributed by atoms with Crippen molar-refractivity contribution in [1.82, 2.24) is 15.1 Å². The molecule has 1 heterocycles. The SMILES string of the molecule is CCc1nn(C)c(C(=O)NCCCC(C)C)c1N. The maximum atomic E-state index is 12.0. The predicted molar refractivity (Wildman–Crippen MR) is 73.4 cm³/mol. The summed E-state index contributed by atoms with van der Waals surface area (Å²) in [5, 5.41) is 7.13. The Morgan fingerprint density at radius 1 is 1.50 bits per heavy atom. The number of anilines is 1. The van der Waals surface area contributed by atoms with E-state index in [9.17, 15) is 4.79 Å². The largest absolute Gasteiger partial charge is 0.395 e. The molecule has 102 valence electrons. The first-order valence-corrected chi connectivity index (χ1v) is 6.56. The van der Waals surface area contributed by atoms with E-state index in [0.29, 0.717) is 23.8 Å². The number of carbonyl (C=O) groups is 1. The van der Waals surface area contributed by atoms with E-state index in [-0.39, 0.29) is 5.91 Å². The number of nitrogens with two attached hydrogens (primary N) is 1. The molecular formula is C13H24N4O. The minimum absolute atomic E-state index is 0.133. The van der Waals surface area contributed by atoms with Crippen molar-refractivity contribution >= 4 is 11.6 Å². The van der Waals surface area contributed by atoms with E-state index in [2.05, 4.69) is 24.3 Å². The number of hydrogen-bond acceptors (Lipinski definition) is 3. The van der Waals surface area contributed by atoms with Crippen LogP contribution in [0.5, 0.6) is 0 Å². The molecule has 0 radical (unpaired) electrons. The molecule has 0 aliphatic heterocycles. The fourth-order valence-corrected chi connectivity index (χ4v) is 1.92.